The van der Waals surface area contributed by atoms with Crippen molar-refractivity contribution in [1.82, 2.24) is 14.9 Å². The van der Waals surface area contributed by atoms with Gasteiger partial charge in [0.1, 0.15) is 5.60 Å². The molecule has 3 atom stereocenters. The van der Waals surface area contributed by atoms with E-state index in [-0.39, 0.29) is 11.3 Å². The Hall–Kier alpha value is -1.37. The number of carbonyl (C=O) groups is 1. The van der Waals surface area contributed by atoms with E-state index in [1.54, 1.807) is 18.8 Å². The summed E-state index contributed by atoms with van der Waals surface area (Å²) in [6, 6.07) is -0.209. The van der Waals surface area contributed by atoms with E-state index in [1.165, 1.54) is 0 Å². The molecule has 0 saturated carbocycles. The van der Waals surface area contributed by atoms with Crippen molar-refractivity contribution >= 4 is 16.9 Å². The maximum absolute atomic E-state index is 11.8. The molecule has 1 heterocycles. The van der Waals surface area contributed by atoms with Crippen molar-refractivity contribution in [2.45, 2.75) is 64.5 Å². The van der Waals surface area contributed by atoms with Crippen molar-refractivity contribution in [3.63, 3.8) is 0 Å². The van der Waals surface area contributed by atoms with Gasteiger partial charge in [0.2, 0.25) is 0 Å². The number of imidazole rings is 1. The van der Waals surface area contributed by atoms with Gasteiger partial charge in [0.25, 0.3) is 0 Å². The Morgan fingerprint density at radius 3 is 2.64 bits per heavy atom. The summed E-state index contributed by atoms with van der Waals surface area (Å²) < 4.78 is 18.6. The third-order valence-corrected chi connectivity index (χ3v) is 4.63. The highest BCUT2D eigenvalue weighted by atomic mass is 32.2. The third kappa shape index (κ3) is 6.17. The van der Waals surface area contributed by atoms with Gasteiger partial charge in [-0.05, 0) is 34.1 Å². The van der Waals surface area contributed by atoms with Crippen LogP contribution in [0.1, 0.15) is 52.8 Å². The first-order chi connectivity index (χ1) is 10.1. The Kier molecular flexibility index (Phi) is 6.59. The second-order valence-electron chi connectivity index (χ2n) is 6.48. The Morgan fingerprint density at radius 2 is 2.09 bits per heavy atom. The van der Waals surface area contributed by atoms with Gasteiger partial charge >= 0.3 is 6.09 Å². The predicted octanol–water partition coefficient (Wildman–Crippen LogP) is 2.63. The molecule has 1 N–H and O–H groups in total. The summed E-state index contributed by atoms with van der Waals surface area (Å²) in [4.78, 5) is 16.0. The number of ether oxygens (including phenoxy) is 1. The van der Waals surface area contributed by atoms with Crippen LogP contribution in [-0.4, -0.2) is 37.0 Å². The zero-order valence-corrected chi connectivity index (χ0v) is 15.1. The maximum atomic E-state index is 11.8. The smallest absolute Gasteiger partial charge is 0.408 e. The Morgan fingerprint density at radius 1 is 1.45 bits per heavy atom. The number of alkyl carbamates (subject to hydrolysis) is 1. The van der Waals surface area contributed by atoms with E-state index in [0.717, 1.165) is 18.7 Å². The molecule has 6 nitrogen and oxygen atoms in total. The summed E-state index contributed by atoms with van der Waals surface area (Å²) in [7, 11) is -0.833. The van der Waals surface area contributed by atoms with E-state index in [2.05, 4.69) is 10.3 Å². The van der Waals surface area contributed by atoms with Gasteiger partial charge in [0, 0.05) is 28.9 Å². The quantitative estimate of drug-likeness (QED) is 0.871. The Bertz CT molecular complexity index is 522. The average Bonchev–Trinajstić information content (AvgIpc) is 2.81. The van der Waals surface area contributed by atoms with Crippen LogP contribution >= 0.6 is 0 Å². The summed E-state index contributed by atoms with van der Waals surface area (Å²) in [5.41, 5.74) is 0.380. The van der Waals surface area contributed by atoms with Gasteiger partial charge in [-0.15, -0.1) is 0 Å². The topological polar surface area (TPSA) is 73.2 Å². The zero-order valence-electron chi connectivity index (χ0n) is 14.3. The Labute approximate surface area is 135 Å². The molecule has 126 valence electrons. The van der Waals surface area contributed by atoms with E-state index < -0.39 is 22.5 Å². The third-order valence-electron chi connectivity index (χ3n) is 3.26. The van der Waals surface area contributed by atoms with E-state index in [9.17, 15) is 9.00 Å². The van der Waals surface area contributed by atoms with Crippen LogP contribution in [0.2, 0.25) is 0 Å². The van der Waals surface area contributed by atoms with Gasteiger partial charge < -0.3 is 14.6 Å². The van der Waals surface area contributed by atoms with Gasteiger partial charge in [-0.25, -0.2) is 9.78 Å². The van der Waals surface area contributed by atoms with E-state index in [0.29, 0.717) is 0 Å². The fraction of sp³-hybridized carbons (Fsp3) is 0.733. The first kappa shape index (κ1) is 18.7. The van der Waals surface area contributed by atoms with Crippen LogP contribution in [-0.2, 0) is 22.1 Å². The lowest BCUT2D eigenvalue weighted by Crippen LogP contribution is -2.34. The van der Waals surface area contributed by atoms with Crippen LogP contribution in [0.5, 0.6) is 0 Å². The number of hydrogen-bond donors (Lipinski definition) is 1. The molecule has 0 spiro atoms. The number of nitrogens with zero attached hydrogens (tertiary/aromatic N) is 2. The van der Waals surface area contributed by atoms with Gasteiger partial charge in [-0.2, -0.15) is 0 Å². The van der Waals surface area contributed by atoms with Crippen molar-refractivity contribution in [3.05, 3.63) is 18.2 Å². The molecule has 1 amide bonds. The average molecular weight is 329 g/mol. The minimum Gasteiger partial charge on any atom is -0.444 e. The summed E-state index contributed by atoms with van der Waals surface area (Å²) >= 11 is 0. The van der Waals surface area contributed by atoms with Crippen LogP contribution in [0, 0.1) is 0 Å². The maximum Gasteiger partial charge on any atom is 0.408 e. The first-order valence-corrected chi connectivity index (χ1v) is 9.04. The lowest BCUT2D eigenvalue weighted by atomic mass is 10.2. The first-order valence-electron chi connectivity index (χ1n) is 7.42. The van der Waals surface area contributed by atoms with Gasteiger partial charge in [0.15, 0.2) is 0 Å². The molecule has 0 radical (unpaired) electrons. The molecule has 0 fully saturated rings. The van der Waals surface area contributed by atoms with E-state index in [4.69, 9.17) is 4.74 Å². The molecule has 1 rings (SSSR count). The molecule has 1 aromatic heterocycles. The molecule has 7 heteroatoms. The van der Waals surface area contributed by atoms with Crippen LogP contribution in [0.3, 0.4) is 0 Å². The molecule has 1 aromatic rings. The number of amides is 1. The number of hydrogen-bond acceptors (Lipinski definition) is 4. The monoisotopic (exact) mass is 329 g/mol. The fourth-order valence-corrected chi connectivity index (χ4v) is 2.36. The van der Waals surface area contributed by atoms with E-state index in [1.807, 2.05) is 39.2 Å². The second kappa shape index (κ2) is 7.76. The number of rotatable bonds is 6. The van der Waals surface area contributed by atoms with Crippen molar-refractivity contribution < 1.29 is 13.7 Å². The van der Waals surface area contributed by atoms with Crippen molar-refractivity contribution in [2.24, 2.45) is 0 Å². The van der Waals surface area contributed by atoms with Crippen LogP contribution < -0.4 is 5.32 Å². The largest absolute Gasteiger partial charge is 0.444 e. The molecule has 0 saturated heterocycles. The van der Waals surface area contributed by atoms with Crippen molar-refractivity contribution in [2.75, 3.05) is 6.26 Å². The lowest BCUT2D eigenvalue weighted by Gasteiger charge is -2.22. The zero-order chi connectivity index (χ0) is 16.9. The van der Waals surface area contributed by atoms with Crippen LogP contribution in [0.15, 0.2) is 12.5 Å². The van der Waals surface area contributed by atoms with Crippen LogP contribution in [0.25, 0.3) is 0 Å². The van der Waals surface area contributed by atoms with Gasteiger partial charge in [0.05, 0.1) is 24.3 Å². The van der Waals surface area contributed by atoms with Gasteiger partial charge in [-0.1, -0.05) is 6.92 Å². The Balaban J connectivity index is 2.63. The summed E-state index contributed by atoms with van der Waals surface area (Å²) in [5.74, 6) is 0. The normalized spacial score (nSPS) is 15.9. The highest BCUT2D eigenvalue weighted by Gasteiger charge is 2.20. The summed E-state index contributed by atoms with van der Waals surface area (Å²) in [5, 5.41) is 2.94. The number of aromatic nitrogens is 2. The minimum absolute atomic E-state index is 0.129. The number of aryl methyl sites for hydroxylation is 1. The molecular formula is C15H27N3O3S. The number of carbonyl (C=O) groups excluding carboxylic acids is 1. The van der Waals surface area contributed by atoms with E-state index >= 15 is 0 Å². The molecule has 0 aliphatic rings. The second-order valence-corrected chi connectivity index (χ2v) is 8.28. The fourth-order valence-electron chi connectivity index (χ4n) is 1.92. The van der Waals surface area contributed by atoms with Crippen LogP contribution in [0.4, 0.5) is 4.79 Å². The lowest BCUT2D eigenvalue weighted by molar-refractivity contribution is 0.0506. The molecule has 0 aliphatic heterocycles. The van der Waals surface area contributed by atoms with Gasteiger partial charge in [-0.3, -0.25) is 4.21 Å². The molecule has 0 aliphatic carbocycles. The molecule has 22 heavy (non-hydrogen) atoms. The SMILES string of the molecule is CC(CCn1cncc1[C@H](C)NC(=O)OC(C)(C)C)S(C)=O. The standard InChI is InChI=1S/C15H27N3O3S/c1-11(22(6)20)7-8-18-10-16-9-13(18)12(2)17-14(19)21-15(3,4)5/h9-12H,7-8H2,1-6H3,(H,17,19)/t11?,12-,22?/m0/s1. The van der Waals surface area contributed by atoms with Crippen molar-refractivity contribution in [3.8, 4) is 0 Å². The summed E-state index contributed by atoms with van der Waals surface area (Å²) in [6.45, 7) is 10.1. The summed E-state index contributed by atoms with van der Waals surface area (Å²) in [6.07, 6.45) is 5.53. The minimum atomic E-state index is -0.833. The molecule has 0 bridgehead atoms. The van der Waals surface area contributed by atoms with Crippen molar-refractivity contribution in [1.29, 1.82) is 0 Å². The molecule has 2 unspecified atom stereocenters. The number of nitrogens with one attached hydrogen (secondary N) is 1. The highest BCUT2D eigenvalue weighted by Crippen LogP contribution is 2.15. The molecule has 0 aromatic carbocycles. The predicted molar refractivity (Wildman–Crippen MR) is 88.2 cm³/mol. The highest BCUT2D eigenvalue weighted by molar-refractivity contribution is 7.84. The molecular weight excluding hydrogens is 302 g/mol.